The Balaban J connectivity index is 0.00000291. The molecule has 2 aromatic rings. The zero-order valence-corrected chi connectivity index (χ0v) is 26.0. The minimum Gasteiger partial charge on any atom is -0.476 e. The van der Waals surface area contributed by atoms with Crippen LogP contribution in [-0.2, 0) is 9.53 Å². The first-order valence-electron chi connectivity index (χ1n) is 12.6. The van der Waals surface area contributed by atoms with E-state index in [4.69, 9.17) is 21.1 Å². The summed E-state index contributed by atoms with van der Waals surface area (Å²) in [5.41, 5.74) is -0.142. The van der Waals surface area contributed by atoms with Crippen molar-refractivity contribution < 1.29 is 19.1 Å². The Labute approximate surface area is 232 Å². The summed E-state index contributed by atoms with van der Waals surface area (Å²) >= 11 is 9.43. The van der Waals surface area contributed by atoms with Crippen LogP contribution in [0, 0.1) is 10.8 Å². The highest BCUT2D eigenvalue weighted by Gasteiger charge is 2.35. The normalized spacial score (nSPS) is 11.3. The number of hydrogen-bond acceptors (Lipinski definition) is 4. The number of benzene rings is 2. The lowest BCUT2D eigenvalue weighted by atomic mass is 9.77. The maximum Gasteiger partial charge on any atom is 0.349 e. The summed E-state index contributed by atoms with van der Waals surface area (Å²) in [6.45, 7) is 20.2. The molecule has 0 aliphatic carbocycles. The van der Waals surface area contributed by atoms with Gasteiger partial charge in [-0.2, -0.15) is 0 Å². The molecule has 0 fully saturated rings. The van der Waals surface area contributed by atoms with Gasteiger partial charge in [-0.05, 0) is 79.6 Å². The molecule has 0 aromatic heterocycles. The van der Waals surface area contributed by atoms with Gasteiger partial charge in [0.2, 0.25) is 0 Å². The number of carbonyl (C=O) groups excluding carboxylic acids is 2. The van der Waals surface area contributed by atoms with Gasteiger partial charge in [0.1, 0.15) is 5.75 Å². The predicted molar refractivity (Wildman–Crippen MR) is 156 cm³/mol. The van der Waals surface area contributed by atoms with Crippen LogP contribution in [0.4, 0.5) is 0 Å². The highest BCUT2D eigenvalue weighted by molar-refractivity contribution is 9.09. The second-order valence-corrected chi connectivity index (χ2v) is 11.2. The van der Waals surface area contributed by atoms with Crippen LogP contribution < -0.4 is 4.74 Å². The van der Waals surface area contributed by atoms with Crippen molar-refractivity contribution in [3.8, 4) is 5.75 Å². The van der Waals surface area contributed by atoms with E-state index in [1.165, 1.54) is 0 Å². The zero-order valence-electron chi connectivity index (χ0n) is 23.6. The van der Waals surface area contributed by atoms with Crippen molar-refractivity contribution in [1.82, 2.24) is 0 Å². The molecule has 4 nitrogen and oxygen atoms in total. The van der Waals surface area contributed by atoms with Crippen LogP contribution in [0.3, 0.4) is 0 Å². The van der Waals surface area contributed by atoms with Crippen LogP contribution in [0.15, 0.2) is 48.5 Å². The van der Waals surface area contributed by atoms with Crippen LogP contribution in [0.5, 0.6) is 5.75 Å². The summed E-state index contributed by atoms with van der Waals surface area (Å²) in [6.07, 6.45) is 0.906. The molecule has 0 spiro atoms. The van der Waals surface area contributed by atoms with E-state index in [2.05, 4.69) is 43.6 Å². The fraction of sp³-hybridized carbons (Fsp3) is 0.533. The first-order valence-corrected chi connectivity index (χ1v) is 14.1. The molecule has 0 aliphatic heterocycles. The van der Waals surface area contributed by atoms with Crippen molar-refractivity contribution in [2.75, 3.05) is 11.9 Å². The average Bonchev–Trinajstić information content (AvgIpc) is 2.85. The molecule has 0 radical (unpaired) electrons. The Morgan fingerprint density at radius 2 is 1.22 bits per heavy atom. The summed E-state index contributed by atoms with van der Waals surface area (Å²) in [5.74, 6) is -0.0525. The van der Waals surface area contributed by atoms with Gasteiger partial charge in [0.05, 0.1) is 6.61 Å². The first kappa shape index (κ1) is 34.1. The highest BCUT2D eigenvalue weighted by Crippen LogP contribution is 2.35. The molecule has 202 valence electrons. The van der Waals surface area contributed by atoms with Crippen LogP contribution >= 0.6 is 27.5 Å². The SMILES string of the molecule is CC.CC.CC(C)(CBr)CC(C)(C)COC(=O)C(C)(C)Oc1ccc(C(=O)c2ccc(Cl)cc2)cc1. The van der Waals surface area contributed by atoms with E-state index >= 15 is 0 Å². The lowest BCUT2D eigenvalue weighted by Crippen LogP contribution is -2.41. The third-order valence-corrected chi connectivity index (χ3v) is 6.77. The Bertz CT molecular complexity index is 932. The van der Waals surface area contributed by atoms with Gasteiger partial charge >= 0.3 is 5.97 Å². The summed E-state index contributed by atoms with van der Waals surface area (Å²) in [6, 6.07) is 13.5. The maximum absolute atomic E-state index is 12.7. The van der Waals surface area contributed by atoms with E-state index in [0.29, 0.717) is 28.5 Å². The number of hydrogen-bond donors (Lipinski definition) is 0. The predicted octanol–water partition coefficient (Wildman–Crippen LogP) is 9.16. The monoisotopic (exact) mass is 582 g/mol. The summed E-state index contributed by atoms with van der Waals surface area (Å²) in [4.78, 5) is 25.3. The topological polar surface area (TPSA) is 52.6 Å². The Morgan fingerprint density at radius 3 is 1.67 bits per heavy atom. The Kier molecular flexibility index (Phi) is 14.6. The largest absolute Gasteiger partial charge is 0.476 e. The maximum atomic E-state index is 12.7. The molecule has 0 aliphatic rings. The van der Waals surface area contributed by atoms with Gasteiger partial charge < -0.3 is 9.47 Å². The first-order chi connectivity index (χ1) is 16.7. The van der Waals surface area contributed by atoms with Crippen molar-refractivity contribution in [3.05, 3.63) is 64.7 Å². The molecule has 0 bridgehead atoms. The fourth-order valence-corrected chi connectivity index (χ4v) is 3.93. The molecule has 6 heteroatoms. The summed E-state index contributed by atoms with van der Waals surface area (Å²) in [7, 11) is 0. The molecule has 0 saturated heterocycles. The van der Waals surface area contributed by atoms with Gasteiger partial charge in [-0.3, -0.25) is 4.79 Å². The highest BCUT2D eigenvalue weighted by atomic mass is 79.9. The fourth-order valence-electron chi connectivity index (χ4n) is 3.61. The van der Waals surface area contributed by atoms with E-state index < -0.39 is 11.6 Å². The molecule has 0 unspecified atom stereocenters. The standard InChI is InChI=1S/C26H32BrClO4.2C2H6/c1-24(2,16-27)15-25(3,4)17-31-23(30)26(5,6)32-21-13-9-19(10-14-21)22(29)18-7-11-20(28)12-8-18;2*1-2/h7-14H,15-17H2,1-6H3;2*1-2H3. The van der Waals surface area contributed by atoms with E-state index in [1.54, 1.807) is 62.4 Å². The molecule has 0 heterocycles. The molecule has 36 heavy (non-hydrogen) atoms. The second-order valence-electron chi connectivity index (χ2n) is 10.2. The Hall–Kier alpha value is -1.85. The van der Waals surface area contributed by atoms with Gasteiger partial charge in [-0.25, -0.2) is 4.79 Å². The van der Waals surface area contributed by atoms with E-state index in [9.17, 15) is 9.59 Å². The minimum atomic E-state index is -1.16. The summed E-state index contributed by atoms with van der Waals surface area (Å²) < 4.78 is 11.5. The molecular weight excluding hydrogens is 540 g/mol. The molecule has 2 aromatic carbocycles. The zero-order chi connectivity index (χ0) is 28.2. The minimum absolute atomic E-state index is 0.104. The van der Waals surface area contributed by atoms with Crippen molar-refractivity contribution >= 4 is 39.3 Å². The average molecular weight is 584 g/mol. The summed E-state index contributed by atoms with van der Waals surface area (Å²) in [5, 5.41) is 1.46. The third kappa shape index (κ3) is 11.5. The molecule has 0 amide bonds. The molecule has 0 atom stereocenters. The lowest BCUT2D eigenvalue weighted by Gasteiger charge is -2.34. The van der Waals surface area contributed by atoms with Crippen molar-refractivity contribution in [2.45, 2.75) is 81.3 Å². The van der Waals surface area contributed by atoms with Crippen LogP contribution in [-0.4, -0.2) is 29.3 Å². The van der Waals surface area contributed by atoms with E-state index in [-0.39, 0.29) is 16.6 Å². The van der Waals surface area contributed by atoms with Gasteiger partial charge in [-0.15, -0.1) is 0 Å². The number of halogens is 2. The van der Waals surface area contributed by atoms with Crippen LogP contribution in [0.1, 0.15) is 91.6 Å². The number of ketones is 1. The third-order valence-electron chi connectivity index (χ3n) is 5.00. The smallest absolute Gasteiger partial charge is 0.349 e. The van der Waals surface area contributed by atoms with Crippen molar-refractivity contribution in [2.24, 2.45) is 10.8 Å². The Morgan fingerprint density at radius 1 is 0.778 bits per heavy atom. The van der Waals surface area contributed by atoms with Gasteiger partial charge in [0.25, 0.3) is 0 Å². The number of ether oxygens (including phenoxy) is 2. The second kappa shape index (κ2) is 15.4. The quantitative estimate of drug-likeness (QED) is 0.159. The van der Waals surface area contributed by atoms with Crippen LogP contribution in [0.2, 0.25) is 5.02 Å². The van der Waals surface area contributed by atoms with Crippen molar-refractivity contribution in [3.63, 3.8) is 0 Å². The number of alkyl halides is 1. The van der Waals surface area contributed by atoms with Crippen LogP contribution in [0.25, 0.3) is 0 Å². The molecule has 0 N–H and O–H groups in total. The number of rotatable bonds is 10. The van der Waals surface area contributed by atoms with Gasteiger partial charge in [0.15, 0.2) is 11.4 Å². The molecule has 0 saturated carbocycles. The number of carbonyl (C=O) groups is 2. The van der Waals surface area contributed by atoms with E-state index in [0.717, 1.165) is 11.8 Å². The number of esters is 1. The van der Waals surface area contributed by atoms with Crippen molar-refractivity contribution in [1.29, 1.82) is 0 Å². The lowest BCUT2D eigenvalue weighted by molar-refractivity contribution is -0.163. The van der Waals surface area contributed by atoms with Gasteiger partial charge in [-0.1, -0.05) is 82.9 Å². The van der Waals surface area contributed by atoms with E-state index in [1.807, 2.05) is 27.7 Å². The molecular formula is C30H44BrClO4. The van der Waals surface area contributed by atoms with Gasteiger partial charge in [0, 0.05) is 21.5 Å². The molecule has 2 rings (SSSR count).